The van der Waals surface area contributed by atoms with Crippen LogP contribution in [0.25, 0.3) is 0 Å². The summed E-state index contributed by atoms with van der Waals surface area (Å²) in [6.45, 7) is 7.74. The largest absolute Gasteiger partial charge is 0.508 e. The minimum Gasteiger partial charge on any atom is -0.508 e. The quantitative estimate of drug-likeness (QED) is 0.309. The SMILES string of the molecule is Cc1ccccc1CNC(=O)[C@@H]1N(C(=O)C(O)C(Cc2ccccc2)NC(=O)c2cccc(O)c2C)CSC1(C)C. The van der Waals surface area contributed by atoms with Crippen molar-refractivity contribution in [2.45, 2.75) is 63.6 Å². The topological polar surface area (TPSA) is 119 Å². The maximum atomic E-state index is 13.8. The Balaban J connectivity index is 1.56. The van der Waals surface area contributed by atoms with Crippen LogP contribution in [0.15, 0.2) is 72.8 Å². The van der Waals surface area contributed by atoms with Crippen LogP contribution in [-0.4, -0.2) is 61.6 Å². The van der Waals surface area contributed by atoms with Gasteiger partial charge in [0.2, 0.25) is 5.91 Å². The van der Waals surface area contributed by atoms with Crippen LogP contribution in [0.4, 0.5) is 0 Å². The molecule has 3 aromatic rings. The number of aliphatic hydroxyl groups is 1. The van der Waals surface area contributed by atoms with E-state index in [1.165, 1.54) is 22.7 Å². The fourth-order valence-electron chi connectivity index (χ4n) is 5.07. The first-order valence-corrected chi connectivity index (χ1v) is 14.6. The van der Waals surface area contributed by atoms with Crippen molar-refractivity contribution in [3.8, 4) is 5.75 Å². The molecule has 1 aliphatic heterocycles. The first-order chi connectivity index (χ1) is 19.5. The molecule has 0 bridgehead atoms. The van der Waals surface area contributed by atoms with Gasteiger partial charge in [-0.15, -0.1) is 11.8 Å². The number of carbonyl (C=O) groups is 3. The third-order valence-corrected chi connectivity index (χ3v) is 8.97. The fourth-order valence-corrected chi connectivity index (χ4v) is 6.21. The number of carbonyl (C=O) groups excluding carboxylic acids is 3. The zero-order valence-corrected chi connectivity index (χ0v) is 24.6. The van der Waals surface area contributed by atoms with Crippen LogP contribution in [0.1, 0.15) is 46.5 Å². The first-order valence-electron chi connectivity index (χ1n) is 13.6. The zero-order valence-electron chi connectivity index (χ0n) is 23.8. The fraction of sp³-hybridized carbons (Fsp3) is 0.344. The molecule has 1 heterocycles. The summed E-state index contributed by atoms with van der Waals surface area (Å²) in [5.74, 6) is -1.25. The summed E-state index contributed by atoms with van der Waals surface area (Å²) < 4.78 is -0.595. The number of rotatable bonds is 9. The molecule has 0 spiro atoms. The Kier molecular flexibility index (Phi) is 9.40. The smallest absolute Gasteiger partial charge is 0.254 e. The molecule has 1 fully saturated rings. The summed E-state index contributed by atoms with van der Waals surface area (Å²) >= 11 is 1.46. The van der Waals surface area contributed by atoms with Gasteiger partial charge in [-0.05, 0) is 62.9 Å². The number of thioether (sulfide) groups is 1. The average molecular weight is 576 g/mol. The second-order valence-corrected chi connectivity index (χ2v) is 12.5. The minimum atomic E-state index is -1.61. The lowest BCUT2D eigenvalue weighted by molar-refractivity contribution is -0.147. The number of aromatic hydroxyl groups is 1. The Morgan fingerprint density at radius 2 is 1.68 bits per heavy atom. The molecule has 1 saturated heterocycles. The molecule has 9 heteroatoms. The number of benzene rings is 3. The summed E-state index contributed by atoms with van der Waals surface area (Å²) in [5.41, 5.74) is 3.50. The van der Waals surface area contributed by atoms with Gasteiger partial charge in [0.15, 0.2) is 6.10 Å². The third-order valence-electron chi connectivity index (χ3n) is 7.59. The Morgan fingerprint density at radius 3 is 2.39 bits per heavy atom. The molecule has 3 atom stereocenters. The van der Waals surface area contributed by atoms with Crippen molar-refractivity contribution in [2.24, 2.45) is 0 Å². The molecule has 3 amide bonds. The summed E-state index contributed by atoms with van der Waals surface area (Å²) in [6, 6.07) is 19.9. The molecule has 1 aliphatic rings. The van der Waals surface area contributed by atoms with Crippen LogP contribution in [0, 0.1) is 13.8 Å². The van der Waals surface area contributed by atoms with E-state index in [-0.39, 0.29) is 29.5 Å². The van der Waals surface area contributed by atoms with Crippen molar-refractivity contribution in [1.29, 1.82) is 0 Å². The monoisotopic (exact) mass is 575 g/mol. The molecule has 0 radical (unpaired) electrons. The minimum absolute atomic E-state index is 0.0234. The van der Waals surface area contributed by atoms with Crippen LogP contribution in [0.2, 0.25) is 0 Å². The normalized spacial score (nSPS) is 17.5. The number of phenolic OH excluding ortho intramolecular Hbond substituents is 1. The van der Waals surface area contributed by atoms with Crippen molar-refractivity contribution in [1.82, 2.24) is 15.5 Å². The highest BCUT2D eigenvalue weighted by molar-refractivity contribution is 8.00. The lowest BCUT2D eigenvalue weighted by Crippen LogP contribution is -2.58. The predicted molar refractivity (Wildman–Crippen MR) is 160 cm³/mol. The molecule has 0 aliphatic carbocycles. The Hall–Kier alpha value is -3.82. The van der Waals surface area contributed by atoms with Crippen molar-refractivity contribution >= 4 is 29.5 Å². The summed E-state index contributed by atoms with van der Waals surface area (Å²) in [4.78, 5) is 42.0. The number of aliphatic hydroxyl groups excluding tert-OH is 1. The van der Waals surface area contributed by atoms with Crippen LogP contribution in [0.3, 0.4) is 0 Å². The molecule has 3 aromatic carbocycles. The number of nitrogens with one attached hydrogen (secondary N) is 2. The van der Waals surface area contributed by atoms with Crippen molar-refractivity contribution in [3.05, 3.63) is 101 Å². The van der Waals surface area contributed by atoms with Gasteiger partial charge >= 0.3 is 0 Å². The number of hydrogen-bond acceptors (Lipinski definition) is 6. The van der Waals surface area contributed by atoms with Gasteiger partial charge in [-0.2, -0.15) is 0 Å². The summed E-state index contributed by atoms with van der Waals surface area (Å²) in [5, 5.41) is 27.3. The maximum Gasteiger partial charge on any atom is 0.254 e. The van der Waals surface area contributed by atoms with Crippen LogP contribution in [-0.2, 0) is 22.6 Å². The molecule has 4 rings (SSSR count). The standard InChI is InChI=1S/C32H37N3O5S/c1-20-11-8-9-14-23(20)18-33-30(39)28-32(3,4)41-19-35(28)31(40)27(37)25(17-22-12-6-5-7-13-22)34-29(38)24-15-10-16-26(36)21(24)2/h5-16,25,27-28,36-37H,17-19H2,1-4H3,(H,33,39)(H,34,38)/t25?,27?,28-/m0/s1. The Labute approximate surface area is 245 Å². The van der Waals surface area contributed by atoms with Crippen LogP contribution < -0.4 is 10.6 Å². The van der Waals surface area contributed by atoms with Gasteiger partial charge in [0.25, 0.3) is 11.8 Å². The van der Waals surface area contributed by atoms with Crippen LogP contribution in [0.5, 0.6) is 5.75 Å². The van der Waals surface area contributed by atoms with Gasteiger partial charge in [-0.25, -0.2) is 0 Å². The second kappa shape index (κ2) is 12.8. The maximum absolute atomic E-state index is 13.8. The first kappa shape index (κ1) is 30.1. The van der Waals surface area contributed by atoms with E-state index in [2.05, 4.69) is 10.6 Å². The van der Waals surface area contributed by atoms with Crippen molar-refractivity contribution in [3.63, 3.8) is 0 Å². The number of phenols is 1. The lowest BCUT2D eigenvalue weighted by Gasteiger charge is -2.33. The molecule has 2 unspecified atom stereocenters. The van der Waals surface area contributed by atoms with E-state index < -0.39 is 34.7 Å². The zero-order chi connectivity index (χ0) is 29.7. The van der Waals surface area contributed by atoms with Gasteiger partial charge in [-0.1, -0.05) is 60.7 Å². The predicted octanol–water partition coefficient (Wildman–Crippen LogP) is 3.71. The number of nitrogens with zero attached hydrogens (tertiary/aromatic N) is 1. The van der Waals surface area contributed by atoms with Crippen molar-refractivity contribution in [2.75, 3.05) is 5.88 Å². The van der Waals surface area contributed by atoms with Gasteiger partial charge in [-0.3, -0.25) is 14.4 Å². The molecule has 8 nitrogen and oxygen atoms in total. The lowest BCUT2D eigenvalue weighted by atomic mass is 9.96. The average Bonchev–Trinajstić information content (AvgIpc) is 3.28. The molecular formula is C32H37N3O5S. The van der Waals surface area contributed by atoms with Gasteiger partial charge in [0.1, 0.15) is 11.8 Å². The highest BCUT2D eigenvalue weighted by Crippen LogP contribution is 2.40. The summed E-state index contributed by atoms with van der Waals surface area (Å²) in [7, 11) is 0. The number of amides is 3. The van der Waals surface area contributed by atoms with Gasteiger partial charge in [0.05, 0.1) is 11.9 Å². The Morgan fingerprint density at radius 1 is 1.00 bits per heavy atom. The van der Waals surface area contributed by atoms with E-state index in [1.807, 2.05) is 75.4 Å². The third kappa shape index (κ3) is 6.92. The molecule has 0 aromatic heterocycles. The Bertz CT molecular complexity index is 1410. The van der Waals surface area contributed by atoms with E-state index in [1.54, 1.807) is 19.1 Å². The van der Waals surface area contributed by atoms with E-state index in [0.717, 1.165) is 16.7 Å². The molecule has 216 valence electrons. The number of hydrogen-bond donors (Lipinski definition) is 4. The summed E-state index contributed by atoms with van der Waals surface area (Å²) in [6.07, 6.45) is -1.43. The van der Waals surface area contributed by atoms with E-state index in [4.69, 9.17) is 0 Å². The highest BCUT2D eigenvalue weighted by atomic mass is 32.2. The van der Waals surface area contributed by atoms with Crippen molar-refractivity contribution < 1.29 is 24.6 Å². The molecule has 4 N–H and O–H groups in total. The molecule has 41 heavy (non-hydrogen) atoms. The number of aryl methyl sites for hydroxylation is 1. The van der Waals surface area contributed by atoms with E-state index in [9.17, 15) is 24.6 Å². The molecular weight excluding hydrogens is 538 g/mol. The van der Waals surface area contributed by atoms with E-state index >= 15 is 0 Å². The van der Waals surface area contributed by atoms with Gasteiger partial charge < -0.3 is 25.7 Å². The van der Waals surface area contributed by atoms with Gasteiger partial charge in [0, 0.05) is 22.4 Å². The molecule has 0 saturated carbocycles. The second-order valence-electron chi connectivity index (χ2n) is 10.9. The van der Waals surface area contributed by atoms with E-state index in [0.29, 0.717) is 12.1 Å². The highest BCUT2D eigenvalue weighted by Gasteiger charge is 2.49. The van der Waals surface area contributed by atoms with Crippen LogP contribution >= 0.6 is 11.8 Å².